The molecule has 6 heteroatoms. The summed E-state index contributed by atoms with van der Waals surface area (Å²) in [5.41, 5.74) is 2.00. The first-order valence-electron chi connectivity index (χ1n) is 7.91. The molecule has 1 atom stereocenters. The van der Waals surface area contributed by atoms with Crippen LogP contribution in [0.2, 0.25) is 5.02 Å². The molecule has 0 aliphatic carbocycles. The van der Waals surface area contributed by atoms with Gasteiger partial charge >= 0.3 is 5.97 Å². The normalized spacial score (nSPS) is 11.7. The van der Waals surface area contributed by atoms with Gasteiger partial charge in [0.1, 0.15) is 0 Å². The molecular formula is C19H20ClNO3S. The lowest BCUT2D eigenvalue weighted by atomic mass is 10.2. The molecule has 2 rings (SSSR count). The average Bonchev–Trinajstić information content (AvgIpc) is 2.57. The maximum atomic E-state index is 12.3. The minimum Gasteiger partial charge on any atom is -0.462 e. The van der Waals surface area contributed by atoms with Crippen molar-refractivity contribution >= 4 is 40.9 Å². The monoisotopic (exact) mass is 377 g/mol. The second-order valence-electron chi connectivity index (χ2n) is 5.48. The molecule has 0 saturated heterocycles. The Labute approximate surface area is 156 Å². The molecule has 1 amide bonds. The van der Waals surface area contributed by atoms with E-state index in [1.165, 1.54) is 17.3 Å². The first-order chi connectivity index (χ1) is 11.9. The molecule has 2 aromatic carbocycles. The number of esters is 1. The first kappa shape index (κ1) is 19.3. The van der Waals surface area contributed by atoms with E-state index in [-0.39, 0.29) is 28.4 Å². The highest BCUT2D eigenvalue weighted by molar-refractivity contribution is 8.00. The quantitative estimate of drug-likeness (QED) is 0.572. The number of hydrogen-bond donors (Lipinski definition) is 1. The summed E-state index contributed by atoms with van der Waals surface area (Å²) in [6.07, 6.45) is 0. The molecule has 1 N–H and O–H groups in total. The van der Waals surface area contributed by atoms with Crippen LogP contribution in [-0.4, -0.2) is 23.7 Å². The van der Waals surface area contributed by atoms with Crippen LogP contribution in [0.25, 0.3) is 0 Å². The summed E-state index contributed by atoms with van der Waals surface area (Å²) < 4.78 is 4.93. The van der Waals surface area contributed by atoms with Crippen LogP contribution in [0.4, 0.5) is 5.69 Å². The van der Waals surface area contributed by atoms with Gasteiger partial charge < -0.3 is 10.1 Å². The molecular weight excluding hydrogens is 358 g/mol. The van der Waals surface area contributed by atoms with Crippen LogP contribution < -0.4 is 5.32 Å². The second kappa shape index (κ2) is 8.92. The summed E-state index contributed by atoms with van der Waals surface area (Å²) >= 11 is 7.59. The number of thioether (sulfide) groups is 1. The third kappa shape index (κ3) is 5.51. The maximum absolute atomic E-state index is 12.3. The molecule has 0 fully saturated rings. The lowest BCUT2D eigenvalue weighted by Gasteiger charge is -2.13. The van der Waals surface area contributed by atoms with E-state index in [4.69, 9.17) is 16.3 Å². The van der Waals surface area contributed by atoms with Crippen molar-refractivity contribution in [1.82, 2.24) is 0 Å². The first-order valence-corrected chi connectivity index (χ1v) is 9.17. The zero-order valence-electron chi connectivity index (χ0n) is 14.3. The molecule has 0 aliphatic heterocycles. The van der Waals surface area contributed by atoms with Gasteiger partial charge in [-0.3, -0.25) is 4.79 Å². The number of anilines is 1. The molecule has 0 heterocycles. The number of rotatable bonds is 6. The van der Waals surface area contributed by atoms with Crippen LogP contribution in [0.5, 0.6) is 0 Å². The molecule has 0 bridgehead atoms. The molecule has 25 heavy (non-hydrogen) atoms. The maximum Gasteiger partial charge on any atom is 0.339 e. The molecule has 0 aromatic heterocycles. The number of benzene rings is 2. The molecule has 0 radical (unpaired) electrons. The number of aryl methyl sites for hydroxylation is 1. The topological polar surface area (TPSA) is 55.4 Å². The van der Waals surface area contributed by atoms with E-state index in [0.29, 0.717) is 5.69 Å². The van der Waals surface area contributed by atoms with E-state index in [0.717, 1.165) is 4.90 Å². The second-order valence-corrected chi connectivity index (χ2v) is 7.30. The lowest BCUT2D eigenvalue weighted by molar-refractivity contribution is -0.115. The Morgan fingerprint density at radius 3 is 2.48 bits per heavy atom. The van der Waals surface area contributed by atoms with Gasteiger partial charge in [0, 0.05) is 10.6 Å². The summed E-state index contributed by atoms with van der Waals surface area (Å²) in [6, 6.07) is 12.8. The average molecular weight is 378 g/mol. The Hall–Kier alpha value is -1.98. The van der Waals surface area contributed by atoms with Crippen molar-refractivity contribution in [1.29, 1.82) is 0 Å². The largest absolute Gasteiger partial charge is 0.462 e. The fourth-order valence-corrected chi connectivity index (χ4v) is 3.21. The predicted molar refractivity (Wildman–Crippen MR) is 103 cm³/mol. The zero-order valence-corrected chi connectivity index (χ0v) is 15.9. The van der Waals surface area contributed by atoms with E-state index >= 15 is 0 Å². The van der Waals surface area contributed by atoms with Crippen molar-refractivity contribution in [3.63, 3.8) is 0 Å². The number of halogens is 1. The third-order valence-electron chi connectivity index (χ3n) is 3.44. The number of nitrogens with one attached hydrogen (secondary N) is 1. The lowest BCUT2D eigenvalue weighted by Crippen LogP contribution is -2.22. The van der Waals surface area contributed by atoms with Crippen LogP contribution >= 0.6 is 23.4 Å². The van der Waals surface area contributed by atoms with Gasteiger partial charge in [0.25, 0.3) is 0 Å². The van der Waals surface area contributed by atoms with Crippen LogP contribution in [0.15, 0.2) is 47.4 Å². The van der Waals surface area contributed by atoms with E-state index in [9.17, 15) is 9.59 Å². The van der Waals surface area contributed by atoms with Gasteiger partial charge in [-0.05, 0) is 51.1 Å². The zero-order chi connectivity index (χ0) is 18.4. The van der Waals surface area contributed by atoms with E-state index < -0.39 is 5.97 Å². The highest BCUT2D eigenvalue weighted by Gasteiger charge is 2.16. The van der Waals surface area contributed by atoms with Crippen LogP contribution in [0, 0.1) is 6.92 Å². The van der Waals surface area contributed by atoms with Gasteiger partial charge in [0.15, 0.2) is 0 Å². The van der Waals surface area contributed by atoms with Crippen molar-refractivity contribution in [3.8, 4) is 0 Å². The summed E-state index contributed by atoms with van der Waals surface area (Å²) in [5.74, 6) is -0.612. The molecule has 2 aromatic rings. The number of ether oxygens (including phenoxy) is 1. The number of amides is 1. The van der Waals surface area contributed by atoms with Crippen LogP contribution in [0.3, 0.4) is 0 Å². The van der Waals surface area contributed by atoms with Gasteiger partial charge in [0.2, 0.25) is 5.91 Å². The van der Waals surface area contributed by atoms with Crippen molar-refractivity contribution < 1.29 is 14.3 Å². The summed E-state index contributed by atoms with van der Waals surface area (Å²) in [4.78, 5) is 25.1. The fraction of sp³-hybridized carbons (Fsp3) is 0.263. The van der Waals surface area contributed by atoms with Crippen molar-refractivity contribution in [2.45, 2.75) is 30.9 Å². The Bertz CT molecular complexity index is 762. The smallest absolute Gasteiger partial charge is 0.339 e. The highest BCUT2D eigenvalue weighted by atomic mass is 35.5. The van der Waals surface area contributed by atoms with Crippen molar-refractivity contribution in [3.05, 3.63) is 58.6 Å². The molecule has 0 spiro atoms. The van der Waals surface area contributed by atoms with E-state index in [2.05, 4.69) is 5.32 Å². The molecule has 4 nitrogen and oxygen atoms in total. The summed E-state index contributed by atoms with van der Waals surface area (Å²) in [5, 5.41) is 2.79. The highest BCUT2D eigenvalue weighted by Crippen LogP contribution is 2.26. The molecule has 0 aliphatic rings. The Balaban J connectivity index is 2.00. The number of hydrogen-bond acceptors (Lipinski definition) is 4. The van der Waals surface area contributed by atoms with Crippen molar-refractivity contribution in [2.75, 3.05) is 11.9 Å². The Morgan fingerprint density at radius 2 is 1.88 bits per heavy atom. The molecule has 0 saturated carbocycles. The van der Waals surface area contributed by atoms with Gasteiger partial charge in [-0.2, -0.15) is 0 Å². The SMILES string of the molecule is CCOC(=O)c1ccc(NC(=O)[C@H](C)Sc2ccc(C)cc2)cc1Cl. The van der Waals surface area contributed by atoms with Gasteiger partial charge in [0.05, 0.1) is 22.4 Å². The summed E-state index contributed by atoms with van der Waals surface area (Å²) in [6.45, 7) is 5.87. The van der Waals surface area contributed by atoms with Gasteiger partial charge in [-0.15, -0.1) is 11.8 Å². The van der Waals surface area contributed by atoms with Gasteiger partial charge in [-0.1, -0.05) is 29.3 Å². The van der Waals surface area contributed by atoms with E-state index in [1.54, 1.807) is 25.1 Å². The fourth-order valence-electron chi connectivity index (χ4n) is 2.09. The number of carbonyl (C=O) groups is 2. The van der Waals surface area contributed by atoms with Crippen molar-refractivity contribution in [2.24, 2.45) is 0 Å². The minimum absolute atomic E-state index is 0.134. The summed E-state index contributed by atoms with van der Waals surface area (Å²) in [7, 11) is 0. The molecule has 132 valence electrons. The number of carbonyl (C=O) groups excluding carboxylic acids is 2. The Kier molecular flexibility index (Phi) is 6.91. The van der Waals surface area contributed by atoms with Crippen LogP contribution in [-0.2, 0) is 9.53 Å². The van der Waals surface area contributed by atoms with Crippen LogP contribution in [0.1, 0.15) is 29.8 Å². The minimum atomic E-state index is -0.478. The third-order valence-corrected chi connectivity index (χ3v) is 4.86. The molecule has 0 unspecified atom stereocenters. The van der Waals surface area contributed by atoms with E-state index in [1.807, 2.05) is 38.1 Å². The van der Waals surface area contributed by atoms with Gasteiger partial charge in [-0.25, -0.2) is 4.79 Å². The Morgan fingerprint density at radius 1 is 1.20 bits per heavy atom. The standard InChI is InChI=1S/C19H20ClNO3S/c1-4-24-19(23)16-10-7-14(11-17(16)20)21-18(22)13(3)25-15-8-5-12(2)6-9-15/h5-11,13H,4H2,1-3H3,(H,21,22)/t13-/m0/s1. The predicted octanol–water partition coefficient (Wildman–Crippen LogP) is 4.94.